The van der Waals surface area contributed by atoms with E-state index in [0.717, 1.165) is 29.9 Å². The van der Waals surface area contributed by atoms with Crippen LogP contribution in [0.2, 0.25) is 5.02 Å². The van der Waals surface area contributed by atoms with Gasteiger partial charge in [-0.25, -0.2) is 0 Å². The van der Waals surface area contributed by atoms with E-state index in [1.165, 1.54) is 0 Å². The Labute approximate surface area is 148 Å². The Morgan fingerprint density at radius 2 is 2.00 bits per heavy atom. The minimum Gasteiger partial charge on any atom is -0.352 e. The van der Waals surface area contributed by atoms with Gasteiger partial charge in [-0.15, -0.1) is 0 Å². The largest absolute Gasteiger partial charge is 0.352 e. The lowest BCUT2D eigenvalue weighted by atomic mass is 10.1. The summed E-state index contributed by atoms with van der Waals surface area (Å²) in [6.07, 6.45) is 0.921. The number of hydrogen-bond acceptors (Lipinski definition) is 3. The molecule has 0 saturated carbocycles. The van der Waals surface area contributed by atoms with Crippen LogP contribution in [0.25, 0.3) is 0 Å². The first kappa shape index (κ1) is 18.5. The molecule has 0 spiro atoms. The van der Waals surface area contributed by atoms with Crippen molar-refractivity contribution in [3.05, 3.63) is 51.8 Å². The molecule has 0 fully saturated rings. The van der Waals surface area contributed by atoms with E-state index in [2.05, 4.69) is 15.3 Å². The van der Waals surface area contributed by atoms with Gasteiger partial charge in [0.1, 0.15) is 0 Å². The highest BCUT2D eigenvalue weighted by atomic mass is 35.5. The summed E-state index contributed by atoms with van der Waals surface area (Å²) in [5.41, 5.74) is 3.25. The maximum absolute atomic E-state index is 12.5. The van der Waals surface area contributed by atoms with Crippen LogP contribution < -0.4 is 5.32 Å². The highest BCUT2D eigenvalue weighted by Crippen LogP contribution is 2.19. The van der Waals surface area contributed by atoms with E-state index in [0.29, 0.717) is 23.7 Å². The van der Waals surface area contributed by atoms with Gasteiger partial charge in [-0.05, 0) is 52.5 Å². The molecule has 24 heavy (non-hydrogen) atoms. The number of carbonyl (C=O) groups is 1. The average molecular weight is 349 g/mol. The normalized spacial score (nSPS) is 11.1. The van der Waals surface area contributed by atoms with E-state index in [9.17, 15) is 4.79 Å². The number of nitrogens with zero attached hydrogens (tertiary/aromatic N) is 3. The molecule has 0 aliphatic heterocycles. The molecule has 1 aromatic carbocycles. The monoisotopic (exact) mass is 348 g/mol. The fourth-order valence-corrected chi connectivity index (χ4v) is 2.85. The molecule has 0 aliphatic carbocycles. The van der Waals surface area contributed by atoms with Crippen molar-refractivity contribution in [1.82, 2.24) is 20.0 Å². The minimum atomic E-state index is -0.0610. The van der Waals surface area contributed by atoms with Crippen LogP contribution in [0.1, 0.15) is 33.7 Å². The van der Waals surface area contributed by atoms with Gasteiger partial charge in [0.2, 0.25) is 0 Å². The zero-order valence-corrected chi connectivity index (χ0v) is 15.5. The van der Waals surface area contributed by atoms with Crippen LogP contribution in [0.4, 0.5) is 0 Å². The van der Waals surface area contributed by atoms with Gasteiger partial charge in [-0.1, -0.05) is 29.8 Å². The zero-order valence-electron chi connectivity index (χ0n) is 14.8. The number of nitrogens with one attached hydrogen (secondary N) is 1. The first-order valence-electron chi connectivity index (χ1n) is 8.10. The van der Waals surface area contributed by atoms with Gasteiger partial charge in [0, 0.05) is 17.3 Å². The maximum Gasteiger partial charge on any atom is 0.255 e. The zero-order chi connectivity index (χ0) is 17.7. The van der Waals surface area contributed by atoms with Crippen molar-refractivity contribution in [2.75, 3.05) is 27.2 Å². The average Bonchev–Trinajstić information content (AvgIpc) is 2.80. The van der Waals surface area contributed by atoms with Crippen molar-refractivity contribution in [1.29, 1.82) is 0 Å². The summed E-state index contributed by atoms with van der Waals surface area (Å²) in [5.74, 6) is -0.0610. The third-order valence-corrected chi connectivity index (χ3v) is 4.32. The lowest BCUT2D eigenvalue weighted by Crippen LogP contribution is -2.28. The third kappa shape index (κ3) is 4.58. The Hall–Kier alpha value is -1.85. The fraction of sp³-hybridized carbons (Fsp3) is 0.444. The van der Waals surface area contributed by atoms with Gasteiger partial charge < -0.3 is 10.2 Å². The van der Waals surface area contributed by atoms with Crippen LogP contribution in [-0.4, -0.2) is 47.8 Å². The molecule has 1 heterocycles. The van der Waals surface area contributed by atoms with E-state index in [1.807, 2.05) is 56.9 Å². The number of aromatic nitrogens is 2. The predicted molar refractivity (Wildman–Crippen MR) is 97.8 cm³/mol. The van der Waals surface area contributed by atoms with E-state index >= 15 is 0 Å². The molecule has 0 saturated heterocycles. The molecule has 0 atom stereocenters. The second-order valence-corrected chi connectivity index (χ2v) is 6.61. The number of rotatable bonds is 7. The lowest BCUT2D eigenvalue weighted by molar-refractivity contribution is 0.0951. The molecule has 0 bridgehead atoms. The second kappa shape index (κ2) is 8.31. The number of carbonyl (C=O) groups excluding carboxylic acids is 1. The van der Waals surface area contributed by atoms with E-state index in [1.54, 1.807) is 0 Å². The highest BCUT2D eigenvalue weighted by molar-refractivity contribution is 6.31. The molecule has 130 valence electrons. The van der Waals surface area contributed by atoms with Crippen molar-refractivity contribution in [2.24, 2.45) is 0 Å². The molecule has 0 aliphatic rings. The molecule has 6 heteroatoms. The number of hydrogen-bond donors (Lipinski definition) is 1. The summed E-state index contributed by atoms with van der Waals surface area (Å²) in [6, 6.07) is 7.69. The van der Waals surface area contributed by atoms with Crippen LogP contribution in [0.15, 0.2) is 24.3 Å². The Bertz CT molecular complexity index is 709. The van der Waals surface area contributed by atoms with Crippen molar-refractivity contribution in [3.8, 4) is 0 Å². The van der Waals surface area contributed by atoms with Crippen molar-refractivity contribution < 1.29 is 4.79 Å². The van der Waals surface area contributed by atoms with Crippen LogP contribution in [0.3, 0.4) is 0 Å². The van der Waals surface area contributed by atoms with Gasteiger partial charge in [0.25, 0.3) is 5.91 Å². The first-order valence-corrected chi connectivity index (χ1v) is 8.48. The van der Waals surface area contributed by atoms with Gasteiger partial charge in [0.15, 0.2) is 0 Å². The Kier molecular flexibility index (Phi) is 6.40. The lowest BCUT2D eigenvalue weighted by Gasteiger charge is -2.10. The second-order valence-electron chi connectivity index (χ2n) is 6.21. The Morgan fingerprint density at radius 3 is 2.67 bits per heavy atom. The Morgan fingerprint density at radius 1 is 1.29 bits per heavy atom. The summed E-state index contributed by atoms with van der Waals surface area (Å²) in [4.78, 5) is 14.6. The van der Waals surface area contributed by atoms with Crippen molar-refractivity contribution >= 4 is 17.5 Å². The fourth-order valence-electron chi connectivity index (χ4n) is 2.65. The smallest absolute Gasteiger partial charge is 0.255 e. The molecule has 2 aromatic rings. The molecule has 1 amide bonds. The summed E-state index contributed by atoms with van der Waals surface area (Å²) in [7, 11) is 4.05. The summed E-state index contributed by atoms with van der Waals surface area (Å²) in [6.45, 7) is 5.95. The van der Waals surface area contributed by atoms with E-state index in [-0.39, 0.29) is 5.91 Å². The summed E-state index contributed by atoms with van der Waals surface area (Å²) >= 11 is 6.22. The highest BCUT2D eigenvalue weighted by Gasteiger charge is 2.18. The third-order valence-electron chi connectivity index (χ3n) is 3.95. The SMILES string of the molecule is Cc1nn(Cc2ccccc2Cl)c(C)c1C(=O)NCCCN(C)C. The van der Waals surface area contributed by atoms with E-state index < -0.39 is 0 Å². The number of benzene rings is 1. The number of amides is 1. The molecule has 0 unspecified atom stereocenters. The van der Waals surface area contributed by atoms with Crippen LogP contribution in [0, 0.1) is 13.8 Å². The van der Waals surface area contributed by atoms with Crippen LogP contribution >= 0.6 is 11.6 Å². The van der Waals surface area contributed by atoms with E-state index in [4.69, 9.17) is 11.6 Å². The number of halogens is 1. The molecule has 1 N–H and O–H groups in total. The minimum absolute atomic E-state index is 0.0610. The van der Waals surface area contributed by atoms with Crippen molar-refractivity contribution in [2.45, 2.75) is 26.8 Å². The standard InChI is InChI=1S/C18H25ClN4O/c1-13-17(18(24)20-10-7-11-22(3)4)14(2)23(21-13)12-15-8-5-6-9-16(15)19/h5-6,8-9H,7,10-12H2,1-4H3,(H,20,24). The maximum atomic E-state index is 12.5. The molecular weight excluding hydrogens is 324 g/mol. The molecule has 2 rings (SSSR count). The molecule has 0 radical (unpaired) electrons. The van der Waals surface area contributed by atoms with Crippen LogP contribution in [-0.2, 0) is 6.54 Å². The number of aryl methyl sites for hydroxylation is 1. The topological polar surface area (TPSA) is 50.2 Å². The predicted octanol–water partition coefficient (Wildman–Crippen LogP) is 2.88. The van der Waals surface area contributed by atoms with Gasteiger partial charge in [0.05, 0.1) is 17.8 Å². The summed E-state index contributed by atoms with van der Waals surface area (Å²) < 4.78 is 1.84. The molecule has 1 aromatic heterocycles. The first-order chi connectivity index (χ1) is 11.4. The summed E-state index contributed by atoms with van der Waals surface area (Å²) in [5, 5.41) is 8.20. The van der Waals surface area contributed by atoms with Gasteiger partial charge in [-0.3, -0.25) is 9.48 Å². The molecule has 5 nitrogen and oxygen atoms in total. The quantitative estimate of drug-likeness (QED) is 0.783. The van der Waals surface area contributed by atoms with Crippen molar-refractivity contribution in [3.63, 3.8) is 0 Å². The van der Waals surface area contributed by atoms with Crippen LogP contribution in [0.5, 0.6) is 0 Å². The molecular formula is C18H25ClN4O. The van der Waals surface area contributed by atoms with Gasteiger partial charge in [-0.2, -0.15) is 5.10 Å². The Balaban J connectivity index is 2.08. The van der Waals surface area contributed by atoms with Gasteiger partial charge >= 0.3 is 0 Å².